The number of hydrogen-bond acceptors (Lipinski definition) is 3. The summed E-state index contributed by atoms with van der Waals surface area (Å²) in [7, 11) is 0. The van der Waals surface area contributed by atoms with E-state index in [1.54, 1.807) is 24.3 Å². The van der Waals surface area contributed by atoms with Crippen LogP contribution in [0.3, 0.4) is 0 Å². The van der Waals surface area contributed by atoms with E-state index in [2.05, 4.69) is 5.32 Å². The number of ether oxygens (including phenoxy) is 1. The van der Waals surface area contributed by atoms with E-state index >= 15 is 0 Å². The Hall–Kier alpha value is -2.82. The first kappa shape index (κ1) is 15.6. The average molecular weight is 298 g/mol. The van der Waals surface area contributed by atoms with Gasteiger partial charge in [0.15, 0.2) is 0 Å². The summed E-state index contributed by atoms with van der Waals surface area (Å²) in [5.74, 6) is 0.475. The van der Waals surface area contributed by atoms with Crippen molar-refractivity contribution in [2.45, 2.75) is 13.0 Å². The molecule has 2 aromatic rings. The lowest BCUT2D eigenvalue weighted by Gasteiger charge is -2.10. The maximum atomic E-state index is 10.9. The summed E-state index contributed by atoms with van der Waals surface area (Å²) in [6, 6.07) is 16.7. The molecule has 22 heavy (non-hydrogen) atoms. The molecule has 0 radical (unpaired) electrons. The molecule has 1 aliphatic heterocycles. The number of hydrogen-bond donors (Lipinski definition) is 2. The molecule has 0 bridgehead atoms. The number of carbonyl (C=O) groups excluding carboxylic acids is 2. The Morgan fingerprint density at radius 3 is 2.14 bits per heavy atom. The van der Waals surface area contributed by atoms with Gasteiger partial charge in [0.05, 0.1) is 0 Å². The van der Waals surface area contributed by atoms with Gasteiger partial charge in [-0.05, 0) is 29.8 Å². The van der Waals surface area contributed by atoms with Crippen LogP contribution >= 0.6 is 0 Å². The van der Waals surface area contributed by atoms with E-state index in [1.807, 2.05) is 30.3 Å². The number of rotatable bonds is 4. The fourth-order valence-corrected chi connectivity index (χ4v) is 1.68. The Morgan fingerprint density at radius 2 is 1.68 bits per heavy atom. The summed E-state index contributed by atoms with van der Waals surface area (Å²) < 4.78 is 5.57. The molecule has 0 spiro atoms. The van der Waals surface area contributed by atoms with Crippen molar-refractivity contribution in [2.75, 3.05) is 6.54 Å². The molecule has 1 saturated heterocycles. The third-order valence-electron chi connectivity index (χ3n) is 3.06. The Bertz CT molecular complexity index is 618. The molecule has 0 unspecified atom stereocenters. The largest absolute Gasteiger partial charge is 0.489 e. The minimum Gasteiger partial charge on any atom is -0.489 e. The lowest BCUT2D eigenvalue weighted by atomic mass is 10.2. The van der Waals surface area contributed by atoms with Crippen molar-refractivity contribution in [3.63, 3.8) is 0 Å². The molecule has 3 N–H and O–H groups in total. The van der Waals surface area contributed by atoms with E-state index in [0.29, 0.717) is 12.2 Å². The van der Waals surface area contributed by atoms with Gasteiger partial charge in [0, 0.05) is 18.5 Å². The van der Waals surface area contributed by atoms with Crippen molar-refractivity contribution < 1.29 is 14.3 Å². The van der Waals surface area contributed by atoms with Gasteiger partial charge in [-0.2, -0.15) is 0 Å². The predicted molar refractivity (Wildman–Crippen MR) is 83.4 cm³/mol. The zero-order chi connectivity index (χ0) is 15.8. The summed E-state index contributed by atoms with van der Waals surface area (Å²) in [5, 5.41) is 2.57. The van der Waals surface area contributed by atoms with Crippen LogP contribution in [-0.2, 0) is 11.4 Å². The monoisotopic (exact) mass is 298 g/mol. The maximum Gasteiger partial charge on any atom is 0.248 e. The zero-order valence-electron chi connectivity index (χ0n) is 12.1. The van der Waals surface area contributed by atoms with Crippen molar-refractivity contribution in [2.24, 2.45) is 5.73 Å². The summed E-state index contributed by atoms with van der Waals surface area (Å²) in [4.78, 5) is 20.7. The van der Waals surface area contributed by atoms with Crippen LogP contribution < -0.4 is 15.8 Å². The van der Waals surface area contributed by atoms with Crippen LogP contribution in [0.2, 0.25) is 0 Å². The van der Waals surface area contributed by atoms with Crippen LogP contribution in [-0.4, -0.2) is 18.4 Å². The van der Waals surface area contributed by atoms with Gasteiger partial charge in [-0.25, -0.2) is 0 Å². The molecule has 2 amide bonds. The highest BCUT2D eigenvalue weighted by molar-refractivity contribution is 5.92. The molecule has 1 aliphatic rings. The lowest BCUT2D eigenvalue weighted by molar-refractivity contribution is -0.125. The standard InChI is InChI=1S/C14H13NO2.C3H5NO/c15-14(16)12-6-8-13(9-7-12)17-10-11-4-2-1-3-5-11;5-3-1-2-4-3/h1-9H,10H2,(H2,15,16);1-2H2,(H,4,5). The molecule has 3 rings (SSSR count). The normalized spacial score (nSPS) is 12.3. The second-order valence-corrected chi connectivity index (χ2v) is 4.76. The van der Waals surface area contributed by atoms with E-state index in [4.69, 9.17) is 10.5 Å². The second kappa shape index (κ2) is 7.83. The highest BCUT2D eigenvalue weighted by Crippen LogP contribution is 2.13. The number of primary amides is 1. The highest BCUT2D eigenvalue weighted by atomic mass is 16.5. The summed E-state index contributed by atoms with van der Waals surface area (Å²) in [5.41, 5.74) is 6.74. The first-order valence-electron chi connectivity index (χ1n) is 6.98. The summed E-state index contributed by atoms with van der Waals surface area (Å²) in [6.07, 6.45) is 0.736. The van der Waals surface area contributed by atoms with E-state index in [-0.39, 0.29) is 5.91 Å². The summed E-state index contributed by atoms with van der Waals surface area (Å²) in [6.45, 7) is 1.40. The van der Waals surface area contributed by atoms with Crippen molar-refractivity contribution in [3.05, 3.63) is 65.7 Å². The molecule has 0 aliphatic carbocycles. The minimum absolute atomic E-state index is 0.185. The third-order valence-corrected chi connectivity index (χ3v) is 3.06. The number of amides is 2. The van der Waals surface area contributed by atoms with Crippen molar-refractivity contribution in [1.29, 1.82) is 0 Å². The molecular weight excluding hydrogens is 280 g/mol. The summed E-state index contributed by atoms with van der Waals surface area (Å²) >= 11 is 0. The van der Waals surface area contributed by atoms with Crippen molar-refractivity contribution in [3.8, 4) is 5.75 Å². The fraction of sp³-hybridized carbons (Fsp3) is 0.176. The lowest BCUT2D eigenvalue weighted by Crippen LogP contribution is -2.37. The van der Waals surface area contributed by atoms with Crippen LogP contribution in [0.15, 0.2) is 54.6 Å². The van der Waals surface area contributed by atoms with E-state index < -0.39 is 5.91 Å². The maximum absolute atomic E-state index is 10.9. The molecule has 114 valence electrons. The van der Waals surface area contributed by atoms with Gasteiger partial charge in [-0.1, -0.05) is 30.3 Å². The number of benzene rings is 2. The van der Waals surface area contributed by atoms with Crippen LogP contribution in [0.5, 0.6) is 5.75 Å². The molecule has 1 heterocycles. The van der Waals surface area contributed by atoms with Gasteiger partial charge in [-0.15, -0.1) is 0 Å². The number of carbonyl (C=O) groups is 2. The first-order valence-corrected chi connectivity index (χ1v) is 6.98. The smallest absolute Gasteiger partial charge is 0.248 e. The number of β-lactam (4-membered cyclic amide) rings is 1. The Balaban J connectivity index is 0.000000299. The molecule has 0 aromatic heterocycles. The molecule has 5 nitrogen and oxygen atoms in total. The van der Waals surface area contributed by atoms with Gasteiger partial charge in [0.1, 0.15) is 12.4 Å². The SMILES string of the molecule is NC(=O)c1ccc(OCc2ccccc2)cc1.O=C1CCN1. The predicted octanol–water partition coefficient (Wildman–Crippen LogP) is 1.87. The second-order valence-electron chi connectivity index (χ2n) is 4.76. The quantitative estimate of drug-likeness (QED) is 0.845. The van der Waals surface area contributed by atoms with Gasteiger partial charge in [0.2, 0.25) is 11.8 Å². The minimum atomic E-state index is -0.431. The first-order chi connectivity index (χ1) is 10.6. The molecule has 1 fully saturated rings. The van der Waals surface area contributed by atoms with Crippen LogP contribution in [0.1, 0.15) is 22.3 Å². The molecular formula is C17H18N2O3. The number of nitrogens with two attached hydrogens (primary N) is 1. The molecule has 5 heteroatoms. The topological polar surface area (TPSA) is 81.4 Å². The Kier molecular flexibility index (Phi) is 5.54. The van der Waals surface area contributed by atoms with Gasteiger partial charge in [-0.3, -0.25) is 9.59 Å². The third kappa shape index (κ3) is 4.94. The Morgan fingerprint density at radius 1 is 1.09 bits per heavy atom. The fourth-order valence-electron chi connectivity index (χ4n) is 1.68. The van der Waals surface area contributed by atoms with E-state index in [0.717, 1.165) is 24.3 Å². The molecule has 2 aromatic carbocycles. The zero-order valence-corrected chi connectivity index (χ0v) is 12.1. The molecule has 0 atom stereocenters. The van der Waals surface area contributed by atoms with E-state index in [1.165, 1.54) is 0 Å². The highest BCUT2D eigenvalue weighted by Gasteiger charge is 2.07. The average Bonchev–Trinajstić information content (AvgIpc) is 2.53. The van der Waals surface area contributed by atoms with Gasteiger partial charge < -0.3 is 15.8 Å². The Labute approximate surface area is 129 Å². The van der Waals surface area contributed by atoms with Crippen molar-refractivity contribution in [1.82, 2.24) is 5.32 Å². The van der Waals surface area contributed by atoms with E-state index in [9.17, 15) is 9.59 Å². The van der Waals surface area contributed by atoms with Gasteiger partial charge >= 0.3 is 0 Å². The van der Waals surface area contributed by atoms with Crippen LogP contribution in [0.4, 0.5) is 0 Å². The molecule has 0 saturated carbocycles. The van der Waals surface area contributed by atoms with Crippen LogP contribution in [0.25, 0.3) is 0 Å². The number of nitrogens with one attached hydrogen (secondary N) is 1. The van der Waals surface area contributed by atoms with Gasteiger partial charge in [0.25, 0.3) is 0 Å². The van der Waals surface area contributed by atoms with Crippen molar-refractivity contribution >= 4 is 11.8 Å². The van der Waals surface area contributed by atoms with Crippen LogP contribution in [0, 0.1) is 0 Å².